The van der Waals surface area contributed by atoms with Crippen LogP contribution in [0.2, 0.25) is 0 Å². The molecule has 0 saturated carbocycles. The summed E-state index contributed by atoms with van der Waals surface area (Å²) in [5, 5.41) is 120. The first-order chi connectivity index (χ1) is 41.8. The zero-order chi connectivity index (χ0) is 62.6. The average Bonchev–Trinajstić information content (AvgIpc) is 1.89. The Morgan fingerprint density at radius 3 is 1.30 bits per heavy atom. The zero-order valence-electron chi connectivity index (χ0n) is 51.7. The van der Waals surface area contributed by atoms with Gasteiger partial charge >= 0.3 is 0 Å². The summed E-state index contributed by atoms with van der Waals surface area (Å²) in [5.74, 6) is -0.295. The maximum atomic E-state index is 13.3. The third-order valence-electron chi connectivity index (χ3n) is 15.6. The van der Waals surface area contributed by atoms with Crippen molar-refractivity contribution in [1.82, 2.24) is 5.32 Å². The molecule has 1 amide bonds. The minimum Gasteiger partial charge on any atom is -0.394 e. The van der Waals surface area contributed by atoms with Gasteiger partial charge in [0.15, 0.2) is 18.9 Å². The molecule has 17 atom stereocenters. The van der Waals surface area contributed by atoms with Crippen LogP contribution in [0.15, 0.2) is 97.2 Å². The molecule has 3 aliphatic rings. The van der Waals surface area contributed by atoms with E-state index in [9.17, 15) is 61.0 Å². The van der Waals surface area contributed by atoms with E-state index in [1.807, 2.05) is 6.08 Å². The molecule has 12 N–H and O–H groups in total. The smallest absolute Gasteiger partial charge is 0.220 e. The lowest BCUT2D eigenvalue weighted by Gasteiger charge is -2.48. The molecule has 0 aliphatic carbocycles. The first-order valence-electron chi connectivity index (χ1n) is 32.5. The van der Waals surface area contributed by atoms with Crippen molar-refractivity contribution < 1.29 is 89.4 Å². The number of rotatable bonds is 47. The van der Waals surface area contributed by atoms with Gasteiger partial charge in [-0.15, -0.1) is 0 Å². The monoisotopic (exact) mass is 1220 g/mol. The second kappa shape index (κ2) is 48.5. The van der Waals surface area contributed by atoms with Gasteiger partial charge in [0, 0.05) is 6.42 Å². The van der Waals surface area contributed by atoms with Crippen LogP contribution in [0.5, 0.6) is 0 Å². The van der Waals surface area contributed by atoms with Crippen LogP contribution in [0.4, 0.5) is 0 Å². The molecule has 3 heterocycles. The predicted molar refractivity (Wildman–Crippen MR) is 332 cm³/mol. The van der Waals surface area contributed by atoms with E-state index in [0.29, 0.717) is 12.8 Å². The van der Waals surface area contributed by atoms with Crippen molar-refractivity contribution in [2.75, 3.05) is 26.4 Å². The quantitative estimate of drug-likeness (QED) is 0.0210. The largest absolute Gasteiger partial charge is 0.394 e. The van der Waals surface area contributed by atoms with Gasteiger partial charge < -0.3 is 89.9 Å². The number of carbonyl (C=O) groups is 1. The first-order valence-corrected chi connectivity index (χ1v) is 32.5. The van der Waals surface area contributed by atoms with E-state index in [1.54, 1.807) is 6.08 Å². The highest BCUT2D eigenvalue weighted by Crippen LogP contribution is 2.33. The van der Waals surface area contributed by atoms with E-state index in [0.717, 1.165) is 89.9 Å². The van der Waals surface area contributed by atoms with Crippen LogP contribution in [-0.4, -0.2) is 193 Å². The molecular weight excluding hydrogens is 1110 g/mol. The second-order valence-electron chi connectivity index (χ2n) is 22.8. The molecule has 19 nitrogen and oxygen atoms in total. The van der Waals surface area contributed by atoms with Gasteiger partial charge in [0.25, 0.3) is 0 Å². The van der Waals surface area contributed by atoms with Crippen molar-refractivity contribution in [3.63, 3.8) is 0 Å². The second-order valence-corrected chi connectivity index (χ2v) is 22.8. The van der Waals surface area contributed by atoms with Crippen molar-refractivity contribution in [1.29, 1.82) is 0 Å². The van der Waals surface area contributed by atoms with Gasteiger partial charge in [-0.2, -0.15) is 0 Å². The van der Waals surface area contributed by atoms with Crippen molar-refractivity contribution in [2.45, 2.75) is 291 Å². The van der Waals surface area contributed by atoms with E-state index in [2.05, 4.69) is 104 Å². The van der Waals surface area contributed by atoms with E-state index in [4.69, 9.17) is 28.4 Å². The van der Waals surface area contributed by atoms with Gasteiger partial charge in [-0.1, -0.05) is 195 Å². The average molecular weight is 1220 g/mol. The fourth-order valence-electron chi connectivity index (χ4n) is 10.3. The predicted octanol–water partition coefficient (Wildman–Crippen LogP) is 7.32. The lowest BCUT2D eigenvalue weighted by atomic mass is 9.96. The molecule has 3 fully saturated rings. The highest BCUT2D eigenvalue weighted by Gasteiger charge is 2.53. The number of hydrogen-bond donors (Lipinski definition) is 12. The molecule has 86 heavy (non-hydrogen) atoms. The van der Waals surface area contributed by atoms with Crippen LogP contribution >= 0.6 is 0 Å². The Morgan fingerprint density at radius 2 is 0.814 bits per heavy atom. The number of aliphatic hydroxyl groups excluding tert-OH is 11. The number of amides is 1. The van der Waals surface area contributed by atoms with Crippen LogP contribution in [0.3, 0.4) is 0 Å². The fourth-order valence-corrected chi connectivity index (χ4v) is 10.3. The number of allylic oxidation sites excluding steroid dienone is 15. The van der Waals surface area contributed by atoms with Gasteiger partial charge in [-0.05, 0) is 83.5 Å². The third kappa shape index (κ3) is 31.0. The minimum atomic E-state index is -1.98. The number of aliphatic hydroxyl groups is 11. The van der Waals surface area contributed by atoms with Crippen molar-refractivity contribution >= 4 is 5.91 Å². The van der Waals surface area contributed by atoms with Gasteiger partial charge in [-0.25, -0.2) is 0 Å². The molecule has 3 aliphatic heterocycles. The Hall–Kier alpha value is -3.29. The Bertz CT molecular complexity index is 1940. The molecule has 19 heteroatoms. The Labute approximate surface area is 513 Å². The molecule has 3 rings (SSSR count). The highest BCUT2D eigenvalue weighted by molar-refractivity contribution is 5.76. The molecule has 3 saturated heterocycles. The molecule has 0 radical (unpaired) electrons. The maximum absolute atomic E-state index is 13.3. The summed E-state index contributed by atoms with van der Waals surface area (Å²) >= 11 is 0. The molecule has 0 aromatic heterocycles. The summed E-state index contributed by atoms with van der Waals surface area (Å²) in [6.45, 7) is 1.52. The zero-order valence-corrected chi connectivity index (χ0v) is 51.7. The van der Waals surface area contributed by atoms with Crippen LogP contribution < -0.4 is 5.32 Å². The van der Waals surface area contributed by atoms with Gasteiger partial charge in [-0.3, -0.25) is 4.79 Å². The van der Waals surface area contributed by atoms with E-state index >= 15 is 0 Å². The van der Waals surface area contributed by atoms with Crippen molar-refractivity contribution in [2.24, 2.45) is 0 Å². The van der Waals surface area contributed by atoms with Gasteiger partial charge in [0.2, 0.25) is 5.91 Å². The Kier molecular flexibility index (Phi) is 43.4. The number of nitrogens with one attached hydrogen (secondary N) is 1. The van der Waals surface area contributed by atoms with Crippen LogP contribution in [0.1, 0.15) is 187 Å². The van der Waals surface area contributed by atoms with Gasteiger partial charge in [0.05, 0.1) is 38.6 Å². The Balaban J connectivity index is 1.38. The molecule has 17 unspecified atom stereocenters. The molecular formula is C67H113NO18. The van der Waals surface area contributed by atoms with Crippen LogP contribution in [-0.2, 0) is 33.2 Å². The highest BCUT2D eigenvalue weighted by atomic mass is 16.8. The summed E-state index contributed by atoms with van der Waals surface area (Å²) in [5.41, 5.74) is 0. The Morgan fingerprint density at radius 1 is 0.430 bits per heavy atom. The van der Waals surface area contributed by atoms with E-state index in [1.165, 1.54) is 64.2 Å². The summed E-state index contributed by atoms with van der Waals surface area (Å²) < 4.78 is 34.2. The van der Waals surface area contributed by atoms with Crippen molar-refractivity contribution in [3.05, 3.63) is 97.2 Å². The number of unbranched alkanes of at least 4 members (excludes halogenated alkanes) is 17. The summed E-state index contributed by atoms with van der Waals surface area (Å²) in [4.78, 5) is 13.3. The number of ether oxygens (including phenoxy) is 6. The summed E-state index contributed by atoms with van der Waals surface area (Å²) in [6, 6.07) is -0.995. The fraction of sp³-hybridized carbons (Fsp3) is 0.746. The van der Waals surface area contributed by atoms with E-state index in [-0.39, 0.29) is 18.9 Å². The summed E-state index contributed by atoms with van der Waals surface area (Å²) in [7, 11) is 0. The molecule has 0 bridgehead atoms. The molecule has 0 aromatic carbocycles. The van der Waals surface area contributed by atoms with Gasteiger partial charge in [0.1, 0.15) is 73.2 Å². The topological polar surface area (TPSA) is 307 Å². The van der Waals surface area contributed by atoms with E-state index < -0.39 is 124 Å². The first kappa shape index (κ1) is 77.0. The maximum Gasteiger partial charge on any atom is 0.220 e. The number of carbonyl (C=O) groups excluding carboxylic acids is 1. The standard InChI is InChI=1S/C67H113NO18/c1-3-5-7-9-11-13-15-16-17-18-19-20-21-22-23-24-25-26-27-28-29-30-31-32-33-34-35-37-39-41-43-45-55(73)68-50(51(72)44-42-40-38-36-14-12-10-8-6-4-2)49-81-65-61(79)58(76)63(53(47-70)83-65)86-67-62(80)59(77)64(54(48-71)84-67)85-66-60(78)57(75)56(74)52(46-69)82-66/h5,7,11,13-14,16-17,19-20,22-23,25-26,36,42,44,50-54,56-67,69-72,74-80H,3-4,6,8-10,12,15,18,21,24,27-35,37-41,43,45-49H2,1-2H3,(H,68,73)/b7-5-,13-11-,17-16-,20-19-,23-22-,26-25-,36-14+,44-42+. The third-order valence-corrected chi connectivity index (χ3v) is 15.6. The molecule has 0 aromatic rings. The van der Waals surface area contributed by atoms with Crippen molar-refractivity contribution in [3.8, 4) is 0 Å². The lowest BCUT2D eigenvalue weighted by Crippen LogP contribution is -2.66. The lowest BCUT2D eigenvalue weighted by molar-refractivity contribution is -0.379. The molecule has 0 spiro atoms. The minimum absolute atomic E-state index is 0.227. The SMILES string of the molecule is CC/C=C\C/C=C\C/C=C\C/C=C\C/C=C\C/C=C\CCCCCCCCCCCCCCC(=O)NC(COC1OC(CO)C(OC2OC(CO)C(OC3OC(CO)C(O)C(O)C3O)C(O)C2O)C(O)C1O)C(O)/C=C/CC/C=C/CCCCCC. The summed E-state index contributed by atoms with van der Waals surface area (Å²) in [6.07, 6.45) is 35.6. The molecule has 494 valence electrons. The normalized spacial score (nSPS) is 29.4. The van der Waals surface area contributed by atoms with Crippen LogP contribution in [0, 0.1) is 0 Å². The van der Waals surface area contributed by atoms with Crippen LogP contribution in [0.25, 0.3) is 0 Å². The number of hydrogen-bond acceptors (Lipinski definition) is 18.